The normalized spacial score (nSPS) is 18.4. The Bertz CT molecular complexity index is 864. The van der Waals surface area contributed by atoms with Crippen LogP contribution >= 0.6 is 11.6 Å². The van der Waals surface area contributed by atoms with Gasteiger partial charge in [-0.3, -0.25) is 0 Å². The average molecular weight is 450 g/mol. The average Bonchev–Trinajstić information content (AvgIpc) is 2.73. The Kier molecular flexibility index (Phi) is 8.26. The van der Waals surface area contributed by atoms with E-state index in [0.29, 0.717) is 23.0 Å². The van der Waals surface area contributed by atoms with Crippen molar-refractivity contribution in [3.05, 3.63) is 59.4 Å². The van der Waals surface area contributed by atoms with Gasteiger partial charge in [-0.15, -0.1) is 0 Å². The van der Waals surface area contributed by atoms with Gasteiger partial charge in [-0.2, -0.15) is 0 Å². The lowest BCUT2D eigenvalue weighted by molar-refractivity contribution is -0.142. The SMILES string of the molecule is O=C(O)COCC1CCCC(COC(=O)N(c2cccc(F)c2)c2cccc(Cl)c2)C1. The molecule has 1 fully saturated rings. The van der Waals surface area contributed by atoms with Gasteiger partial charge in [-0.05, 0) is 67.5 Å². The van der Waals surface area contributed by atoms with E-state index in [4.69, 9.17) is 26.2 Å². The smallest absolute Gasteiger partial charge is 0.418 e. The summed E-state index contributed by atoms with van der Waals surface area (Å²) in [5.41, 5.74) is 0.822. The fraction of sp³-hybridized carbons (Fsp3) is 0.391. The zero-order valence-corrected chi connectivity index (χ0v) is 17.8. The van der Waals surface area contributed by atoms with Crippen LogP contribution in [0.2, 0.25) is 5.02 Å². The van der Waals surface area contributed by atoms with Crippen LogP contribution in [-0.2, 0) is 14.3 Å². The zero-order valence-electron chi connectivity index (χ0n) is 17.0. The summed E-state index contributed by atoms with van der Waals surface area (Å²) in [6, 6.07) is 12.4. The number of amides is 1. The predicted octanol–water partition coefficient (Wildman–Crippen LogP) is 5.66. The monoisotopic (exact) mass is 449 g/mol. The van der Waals surface area contributed by atoms with Gasteiger partial charge < -0.3 is 14.6 Å². The highest BCUT2D eigenvalue weighted by molar-refractivity contribution is 6.31. The summed E-state index contributed by atoms with van der Waals surface area (Å²) in [6.45, 7) is 0.299. The van der Waals surface area contributed by atoms with E-state index in [1.54, 1.807) is 30.3 Å². The molecule has 0 saturated heterocycles. The standard InChI is InChI=1S/C23H25ClFNO5/c24-18-6-2-8-20(11-18)26(21-9-3-7-19(25)12-21)23(29)31-14-17-5-1-4-16(10-17)13-30-15-22(27)28/h2-3,6-9,11-12,16-17H,1,4-5,10,13-15H2,(H,27,28). The van der Waals surface area contributed by atoms with Gasteiger partial charge in [0.25, 0.3) is 0 Å². The van der Waals surface area contributed by atoms with Crippen LogP contribution in [0.15, 0.2) is 48.5 Å². The maximum atomic E-state index is 13.8. The molecule has 2 aromatic carbocycles. The summed E-state index contributed by atoms with van der Waals surface area (Å²) in [5, 5.41) is 9.14. The van der Waals surface area contributed by atoms with Gasteiger partial charge in [0.05, 0.1) is 24.6 Å². The molecule has 0 radical (unpaired) electrons. The molecule has 3 rings (SSSR count). The molecule has 0 aromatic heterocycles. The third kappa shape index (κ3) is 6.94. The number of benzene rings is 2. The second-order valence-electron chi connectivity index (χ2n) is 7.68. The first-order chi connectivity index (χ1) is 14.9. The molecule has 0 aliphatic heterocycles. The van der Waals surface area contributed by atoms with E-state index in [9.17, 15) is 14.0 Å². The van der Waals surface area contributed by atoms with Crippen molar-refractivity contribution in [3.63, 3.8) is 0 Å². The van der Waals surface area contributed by atoms with Crippen LogP contribution in [0, 0.1) is 17.7 Å². The van der Waals surface area contributed by atoms with Crippen molar-refractivity contribution < 1.29 is 28.6 Å². The third-order valence-electron chi connectivity index (χ3n) is 5.23. The topological polar surface area (TPSA) is 76.1 Å². The van der Waals surface area contributed by atoms with Gasteiger partial charge in [0, 0.05) is 5.02 Å². The molecule has 2 atom stereocenters. The second-order valence-corrected chi connectivity index (χ2v) is 8.12. The van der Waals surface area contributed by atoms with Crippen LogP contribution in [0.25, 0.3) is 0 Å². The highest BCUT2D eigenvalue weighted by atomic mass is 35.5. The number of halogens is 2. The number of rotatable bonds is 8. The van der Waals surface area contributed by atoms with Gasteiger partial charge in [0.1, 0.15) is 12.4 Å². The maximum Gasteiger partial charge on any atom is 0.418 e. The van der Waals surface area contributed by atoms with Crippen molar-refractivity contribution in [3.8, 4) is 0 Å². The molecule has 31 heavy (non-hydrogen) atoms. The molecular formula is C23H25ClFNO5. The predicted molar refractivity (Wildman–Crippen MR) is 115 cm³/mol. The van der Waals surface area contributed by atoms with Crippen molar-refractivity contribution in [2.45, 2.75) is 25.7 Å². The Morgan fingerprint density at radius 1 is 1.06 bits per heavy atom. The van der Waals surface area contributed by atoms with Crippen LogP contribution in [0.3, 0.4) is 0 Å². The van der Waals surface area contributed by atoms with Crippen LogP contribution in [0.4, 0.5) is 20.6 Å². The van der Waals surface area contributed by atoms with Gasteiger partial charge in [-0.25, -0.2) is 18.9 Å². The lowest BCUT2D eigenvalue weighted by Crippen LogP contribution is -2.30. The second kappa shape index (κ2) is 11.1. The van der Waals surface area contributed by atoms with E-state index in [1.165, 1.54) is 23.1 Å². The number of nitrogens with zero attached hydrogens (tertiary/aromatic N) is 1. The van der Waals surface area contributed by atoms with Gasteiger partial charge >= 0.3 is 12.1 Å². The summed E-state index contributed by atoms with van der Waals surface area (Å²) in [5.74, 6) is -1.05. The molecule has 0 spiro atoms. The van der Waals surface area contributed by atoms with E-state index >= 15 is 0 Å². The number of anilines is 2. The highest BCUT2D eigenvalue weighted by Gasteiger charge is 2.26. The van der Waals surface area contributed by atoms with E-state index in [2.05, 4.69) is 0 Å². The Balaban J connectivity index is 1.64. The summed E-state index contributed by atoms with van der Waals surface area (Å²) >= 11 is 6.09. The Hall–Kier alpha value is -2.64. The molecule has 0 bridgehead atoms. The third-order valence-corrected chi connectivity index (χ3v) is 5.46. The van der Waals surface area contributed by atoms with E-state index < -0.39 is 17.9 Å². The van der Waals surface area contributed by atoms with Crippen molar-refractivity contribution in [1.82, 2.24) is 0 Å². The fourth-order valence-electron chi connectivity index (χ4n) is 3.86. The zero-order chi connectivity index (χ0) is 22.2. The van der Waals surface area contributed by atoms with Gasteiger partial charge in [0.2, 0.25) is 0 Å². The number of carbonyl (C=O) groups is 2. The highest BCUT2D eigenvalue weighted by Crippen LogP contribution is 2.32. The molecule has 6 nitrogen and oxygen atoms in total. The van der Waals surface area contributed by atoms with Crippen LogP contribution in [0.1, 0.15) is 25.7 Å². The van der Waals surface area contributed by atoms with E-state index in [1.807, 2.05) is 0 Å². The first kappa shape index (κ1) is 23.0. The molecule has 2 aromatic rings. The fourth-order valence-corrected chi connectivity index (χ4v) is 4.05. The summed E-state index contributed by atoms with van der Waals surface area (Å²) < 4.78 is 24.6. The first-order valence-electron chi connectivity index (χ1n) is 10.2. The van der Waals surface area contributed by atoms with E-state index in [0.717, 1.165) is 25.7 Å². The Morgan fingerprint density at radius 3 is 2.42 bits per heavy atom. The number of ether oxygens (including phenoxy) is 2. The van der Waals surface area contributed by atoms with Crippen molar-refractivity contribution in [2.24, 2.45) is 11.8 Å². The number of hydrogen-bond donors (Lipinski definition) is 1. The number of carboxylic acids is 1. The minimum atomic E-state index is -0.986. The Morgan fingerprint density at radius 2 is 1.74 bits per heavy atom. The largest absolute Gasteiger partial charge is 0.480 e. The summed E-state index contributed by atoms with van der Waals surface area (Å²) in [6.07, 6.45) is 3.02. The summed E-state index contributed by atoms with van der Waals surface area (Å²) in [7, 11) is 0. The summed E-state index contributed by atoms with van der Waals surface area (Å²) in [4.78, 5) is 24.9. The molecule has 1 aliphatic carbocycles. The molecule has 1 saturated carbocycles. The van der Waals surface area contributed by atoms with Crippen LogP contribution in [-0.4, -0.2) is 37.0 Å². The minimum Gasteiger partial charge on any atom is -0.480 e. The molecule has 8 heteroatoms. The van der Waals surface area contributed by atoms with Crippen LogP contribution in [0.5, 0.6) is 0 Å². The number of carbonyl (C=O) groups excluding carboxylic acids is 1. The molecule has 1 amide bonds. The van der Waals surface area contributed by atoms with Crippen molar-refractivity contribution >= 4 is 35.0 Å². The molecule has 166 valence electrons. The first-order valence-corrected chi connectivity index (χ1v) is 10.6. The van der Waals surface area contributed by atoms with Gasteiger partial charge in [0.15, 0.2) is 0 Å². The van der Waals surface area contributed by atoms with Crippen molar-refractivity contribution in [2.75, 3.05) is 24.7 Å². The molecular weight excluding hydrogens is 425 g/mol. The van der Waals surface area contributed by atoms with Crippen LogP contribution < -0.4 is 4.90 Å². The quantitative estimate of drug-likeness (QED) is 0.562. The number of carboxylic acid groups (broad SMARTS) is 1. The van der Waals surface area contributed by atoms with Crippen molar-refractivity contribution in [1.29, 1.82) is 0 Å². The molecule has 2 unspecified atom stereocenters. The lowest BCUT2D eigenvalue weighted by atomic mass is 9.82. The van der Waals surface area contributed by atoms with E-state index in [-0.39, 0.29) is 25.0 Å². The molecule has 1 N–H and O–H groups in total. The van der Waals surface area contributed by atoms with Gasteiger partial charge in [-0.1, -0.05) is 30.2 Å². The maximum absolute atomic E-state index is 13.8. The minimum absolute atomic E-state index is 0.157. The Labute approximate surface area is 185 Å². The number of aliphatic carboxylic acids is 1. The lowest BCUT2D eigenvalue weighted by Gasteiger charge is -2.29. The number of hydrogen-bond acceptors (Lipinski definition) is 4. The molecule has 0 heterocycles. The molecule has 1 aliphatic rings.